The minimum Gasteiger partial charge on any atom is -0.387 e. The van der Waals surface area contributed by atoms with Crippen LogP contribution < -0.4 is 0 Å². The first kappa shape index (κ1) is 11.3. The van der Waals surface area contributed by atoms with Crippen LogP contribution in [0.25, 0.3) is 0 Å². The predicted octanol–water partition coefficient (Wildman–Crippen LogP) is 1.30. The van der Waals surface area contributed by atoms with Crippen molar-refractivity contribution in [2.24, 2.45) is 0 Å². The fourth-order valence-corrected chi connectivity index (χ4v) is 1.96. The van der Waals surface area contributed by atoms with Crippen molar-refractivity contribution in [1.82, 2.24) is 4.98 Å². The Bertz CT molecular complexity index is 415. The molecule has 0 bridgehead atoms. The Morgan fingerprint density at radius 2 is 2.38 bits per heavy atom. The molecule has 4 nitrogen and oxygen atoms in total. The Morgan fingerprint density at radius 3 is 2.81 bits per heavy atom. The van der Waals surface area contributed by atoms with Crippen LogP contribution in [0.2, 0.25) is 0 Å². The highest BCUT2D eigenvalue weighted by molar-refractivity contribution is 5.95. The van der Waals surface area contributed by atoms with E-state index in [-0.39, 0.29) is 12.4 Å². The van der Waals surface area contributed by atoms with E-state index in [2.05, 4.69) is 4.98 Å². The largest absolute Gasteiger partial charge is 0.387 e. The summed E-state index contributed by atoms with van der Waals surface area (Å²) in [4.78, 5) is 14.2. The minimum atomic E-state index is -1.37. The van der Waals surface area contributed by atoms with Gasteiger partial charge in [0, 0.05) is 17.0 Å². The van der Waals surface area contributed by atoms with Crippen molar-refractivity contribution in [3.05, 3.63) is 23.0 Å². The summed E-state index contributed by atoms with van der Waals surface area (Å²) < 4.78 is 18.2. The van der Waals surface area contributed by atoms with Gasteiger partial charge in [-0.05, 0) is 19.9 Å². The summed E-state index contributed by atoms with van der Waals surface area (Å²) in [6.07, 6.45) is -3.24. The monoisotopic (exact) mass is 227 g/mol. The van der Waals surface area contributed by atoms with E-state index in [4.69, 9.17) is 4.74 Å². The highest BCUT2D eigenvalue weighted by atomic mass is 19.1. The van der Waals surface area contributed by atoms with E-state index >= 15 is 0 Å². The number of aromatic nitrogens is 1. The molecule has 0 amide bonds. The van der Waals surface area contributed by atoms with E-state index in [0.29, 0.717) is 17.0 Å². The summed E-state index contributed by atoms with van der Waals surface area (Å²) in [6.45, 7) is 3.11. The number of aryl methyl sites for hydroxylation is 1. The van der Waals surface area contributed by atoms with Crippen LogP contribution in [-0.2, 0) is 4.74 Å². The standard InChI is InChI=1S/C11H14FNO3/c1-5-7(6(2)14)3-9(13-5)11-10(15)8(12)4-16-11/h3,8,10-11,13,15H,4H2,1-2H3/t8-,10+,11+/m0/s1. The van der Waals surface area contributed by atoms with Gasteiger partial charge in [-0.25, -0.2) is 4.39 Å². The molecule has 2 N–H and O–H groups in total. The third kappa shape index (κ3) is 1.76. The number of aliphatic hydroxyl groups is 1. The first-order chi connectivity index (χ1) is 7.50. The number of nitrogens with one attached hydrogen (secondary N) is 1. The van der Waals surface area contributed by atoms with Crippen molar-refractivity contribution in [1.29, 1.82) is 0 Å². The molecule has 0 spiro atoms. The Hall–Kier alpha value is -1.20. The van der Waals surface area contributed by atoms with E-state index in [1.165, 1.54) is 6.92 Å². The van der Waals surface area contributed by atoms with Crippen molar-refractivity contribution < 1.29 is 19.0 Å². The van der Waals surface area contributed by atoms with Gasteiger partial charge in [-0.1, -0.05) is 0 Å². The molecular formula is C11H14FNO3. The van der Waals surface area contributed by atoms with Crippen LogP contribution in [0.5, 0.6) is 0 Å². The molecule has 1 saturated heterocycles. The van der Waals surface area contributed by atoms with Gasteiger partial charge in [0.25, 0.3) is 0 Å². The van der Waals surface area contributed by atoms with Crippen molar-refractivity contribution in [3.63, 3.8) is 0 Å². The number of hydrogen-bond donors (Lipinski definition) is 2. The average molecular weight is 227 g/mol. The third-order valence-corrected chi connectivity index (χ3v) is 2.84. The summed E-state index contributed by atoms with van der Waals surface area (Å²) in [6, 6.07) is 1.61. The number of Topliss-reactive ketones (excluding diaryl/α,β-unsaturated/α-hetero) is 1. The van der Waals surface area contributed by atoms with Crippen LogP contribution in [-0.4, -0.2) is 34.8 Å². The molecule has 2 rings (SSSR count). The number of rotatable bonds is 2. The van der Waals surface area contributed by atoms with Crippen molar-refractivity contribution in [2.75, 3.05) is 6.61 Å². The number of alkyl halides is 1. The molecule has 0 aromatic carbocycles. The minimum absolute atomic E-state index is 0.0655. The van der Waals surface area contributed by atoms with Crippen LogP contribution >= 0.6 is 0 Å². The van der Waals surface area contributed by atoms with Crippen molar-refractivity contribution in [2.45, 2.75) is 32.2 Å². The Kier molecular flexibility index (Phi) is 2.82. The second kappa shape index (κ2) is 3.99. The van der Waals surface area contributed by atoms with Gasteiger partial charge in [0.05, 0.1) is 6.61 Å². The summed E-state index contributed by atoms with van der Waals surface area (Å²) >= 11 is 0. The molecule has 2 heterocycles. The molecule has 3 atom stereocenters. The summed E-state index contributed by atoms with van der Waals surface area (Å²) in [7, 11) is 0. The van der Waals surface area contributed by atoms with Crippen LogP contribution in [0.15, 0.2) is 6.07 Å². The van der Waals surface area contributed by atoms with Crippen molar-refractivity contribution >= 4 is 5.78 Å². The van der Waals surface area contributed by atoms with Crippen LogP contribution in [0.1, 0.15) is 34.8 Å². The molecule has 1 aromatic heterocycles. The number of aromatic amines is 1. The molecule has 1 aromatic rings. The normalized spacial score (nSPS) is 29.6. The fourth-order valence-electron chi connectivity index (χ4n) is 1.96. The van der Waals surface area contributed by atoms with Gasteiger partial charge in [-0.15, -0.1) is 0 Å². The summed E-state index contributed by atoms with van der Waals surface area (Å²) in [5, 5.41) is 9.54. The molecule has 0 unspecified atom stereocenters. The maximum atomic E-state index is 13.1. The van der Waals surface area contributed by atoms with Gasteiger partial charge in [0.15, 0.2) is 12.0 Å². The van der Waals surface area contributed by atoms with E-state index in [9.17, 15) is 14.3 Å². The van der Waals surface area contributed by atoms with E-state index in [1.807, 2.05) is 0 Å². The molecule has 16 heavy (non-hydrogen) atoms. The predicted molar refractivity (Wildman–Crippen MR) is 55.1 cm³/mol. The van der Waals surface area contributed by atoms with Gasteiger partial charge >= 0.3 is 0 Å². The van der Waals surface area contributed by atoms with Gasteiger partial charge in [0.1, 0.15) is 12.2 Å². The van der Waals surface area contributed by atoms with E-state index < -0.39 is 18.4 Å². The lowest BCUT2D eigenvalue weighted by Crippen LogP contribution is -2.21. The van der Waals surface area contributed by atoms with Gasteiger partial charge in [-0.2, -0.15) is 0 Å². The molecule has 88 valence electrons. The topological polar surface area (TPSA) is 62.3 Å². The zero-order valence-electron chi connectivity index (χ0n) is 9.16. The zero-order valence-corrected chi connectivity index (χ0v) is 9.16. The Labute approximate surface area is 92.4 Å². The molecule has 1 fully saturated rings. The summed E-state index contributed by atoms with van der Waals surface area (Å²) in [5.74, 6) is -0.0655. The second-order valence-electron chi connectivity index (χ2n) is 4.08. The second-order valence-corrected chi connectivity index (χ2v) is 4.08. The first-order valence-corrected chi connectivity index (χ1v) is 5.15. The van der Waals surface area contributed by atoms with Crippen LogP contribution in [0.4, 0.5) is 4.39 Å². The number of ether oxygens (including phenoxy) is 1. The quantitative estimate of drug-likeness (QED) is 0.748. The molecular weight excluding hydrogens is 213 g/mol. The Balaban J connectivity index is 2.28. The smallest absolute Gasteiger partial charge is 0.161 e. The number of H-pyrrole nitrogens is 1. The lowest BCUT2D eigenvalue weighted by Gasteiger charge is -2.12. The highest BCUT2D eigenvalue weighted by Gasteiger charge is 2.38. The molecule has 5 heteroatoms. The van der Waals surface area contributed by atoms with Crippen LogP contribution in [0, 0.1) is 6.92 Å². The average Bonchev–Trinajstić information content (AvgIpc) is 2.73. The number of aliphatic hydroxyl groups excluding tert-OH is 1. The maximum absolute atomic E-state index is 13.1. The molecule has 1 aliphatic heterocycles. The van der Waals surface area contributed by atoms with Crippen LogP contribution in [0.3, 0.4) is 0 Å². The number of ketones is 1. The van der Waals surface area contributed by atoms with Gasteiger partial charge in [-0.3, -0.25) is 4.79 Å². The maximum Gasteiger partial charge on any atom is 0.161 e. The molecule has 0 aliphatic carbocycles. The first-order valence-electron chi connectivity index (χ1n) is 5.15. The number of halogens is 1. The lowest BCUT2D eigenvalue weighted by molar-refractivity contribution is 0.0332. The number of carbonyl (C=O) groups is 1. The third-order valence-electron chi connectivity index (χ3n) is 2.84. The molecule has 1 aliphatic rings. The fraction of sp³-hybridized carbons (Fsp3) is 0.545. The van der Waals surface area contributed by atoms with E-state index in [0.717, 1.165) is 0 Å². The summed E-state index contributed by atoms with van der Waals surface area (Å²) in [5.41, 5.74) is 1.81. The Morgan fingerprint density at radius 1 is 1.69 bits per heavy atom. The van der Waals surface area contributed by atoms with E-state index in [1.54, 1.807) is 13.0 Å². The number of carbonyl (C=O) groups excluding carboxylic acids is 1. The van der Waals surface area contributed by atoms with Crippen molar-refractivity contribution in [3.8, 4) is 0 Å². The highest BCUT2D eigenvalue weighted by Crippen LogP contribution is 2.31. The van der Waals surface area contributed by atoms with Gasteiger partial charge < -0.3 is 14.8 Å². The lowest BCUT2D eigenvalue weighted by atomic mass is 10.1. The zero-order chi connectivity index (χ0) is 11.9. The molecule has 0 saturated carbocycles. The number of hydrogen-bond acceptors (Lipinski definition) is 3. The van der Waals surface area contributed by atoms with Gasteiger partial charge in [0.2, 0.25) is 0 Å². The SMILES string of the molecule is CC(=O)c1cc([C@H]2OC[C@H](F)[C@H]2O)[nH]c1C. The molecule has 0 radical (unpaired) electrons.